The quantitative estimate of drug-likeness (QED) is 0.747. The van der Waals surface area contributed by atoms with Crippen LogP contribution in [0.15, 0.2) is 23.1 Å². The number of nitrogens with two attached hydrogens (primary N) is 1. The van der Waals surface area contributed by atoms with E-state index in [0.717, 1.165) is 6.07 Å². The van der Waals surface area contributed by atoms with Gasteiger partial charge in [-0.25, -0.2) is 17.9 Å². The molecule has 0 radical (unpaired) electrons. The third-order valence-electron chi connectivity index (χ3n) is 2.28. The summed E-state index contributed by atoms with van der Waals surface area (Å²) in [5.41, 5.74) is 0.223. The van der Waals surface area contributed by atoms with Gasteiger partial charge in [-0.15, -0.1) is 0 Å². The molecule has 0 aromatic heterocycles. The molecule has 0 saturated carbocycles. The molecule has 1 aromatic carbocycles. The van der Waals surface area contributed by atoms with Gasteiger partial charge in [-0.2, -0.15) is 0 Å². The minimum atomic E-state index is -3.87. The first-order valence-corrected chi connectivity index (χ1v) is 7.49. The molecule has 108 valence electrons. The van der Waals surface area contributed by atoms with Crippen LogP contribution in [0.25, 0.3) is 0 Å². The number of hydrogen-bond acceptors (Lipinski definition) is 4. The fraction of sp³-hybridized carbons (Fsp3) is 0.500. The van der Waals surface area contributed by atoms with E-state index in [1.54, 1.807) is 0 Å². The molecule has 0 fully saturated rings. The maximum Gasteiger partial charge on any atom is 0.238 e. The van der Waals surface area contributed by atoms with Gasteiger partial charge in [0.05, 0.1) is 17.2 Å². The second kappa shape index (κ2) is 6.83. The van der Waals surface area contributed by atoms with Gasteiger partial charge >= 0.3 is 0 Å². The van der Waals surface area contributed by atoms with E-state index >= 15 is 0 Å². The van der Waals surface area contributed by atoms with Crippen LogP contribution in [0.2, 0.25) is 0 Å². The van der Waals surface area contributed by atoms with E-state index in [2.05, 4.69) is 5.32 Å². The Morgan fingerprint density at radius 1 is 1.42 bits per heavy atom. The monoisotopic (exact) mass is 290 g/mol. The van der Waals surface area contributed by atoms with E-state index in [4.69, 9.17) is 9.88 Å². The Morgan fingerprint density at radius 2 is 2.11 bits per heavy atom. The van der Waals surface area contributed by atoms with Gasteiger partial charge in [0.1, 0.15) is 5.82 Å². The predicted molar refractivity (Wildman–Crippen MR) is 71.9 cm³/mol. The zero-order valence-electron chi connectivity index (χ0n) is 11.0. The Bertz CT molecular complexity index is 518. The van der Waals surface area contributed by atoms with Gasteiger partial charge in [0, 0.05) is 13.2 Å². The van der Waals surface area contributed by atoms with Crippen LogP contribution in [0.3, 0.4) is 0 Å². The third-order valence-corrected chi connectivity index (χ3v) is 3.19. The normalized spacial score (nSPS) is 11.8. The van der Waals surface area contributed by atoms with Crippen molar-refractivity contribution in [3.05, 3.63) is 24.0 Å². The summed E-state index contributed by atoms with van der Waals surface area (Å²) in [6.07, 6.45) is 0. The highest BCUT2D eigenvalue weighted by Crippen LogP contribution is 2.17. The van der Waals surface area contributed by atoms with Crippen LogP contribution >= 0.6 is 0 Å². The lowest BCUT2D eigenvalue weighted by Gasteiger charge is -2.10. The van der Waals surface area contributed by atoms with Crippen molar-refractivity contribution in [2.45, 2.75) is 18.7 Å². The van der Waals surface area contributed by atoms with Crippen LogP contribution in [-0.2, 0) is 14.8 Å². The molecule has 7 heteroatoms. The molecule has 0 aliphatic carbocycles. The van der Waals surface area contributed by atoms with Crippen molar-refractivity contribution in [2.24, 2.45) is 11.1 Å². The van der Waals surface area contributed by atoms with Crippen molar-refractivity contribution in [3.8, 4) is 0 Å². The fourth-order valence-electron chi connectivity index (χ4n) is 1.39. The largest absolute Gasteiger partial charge is 0.380 e. The molecule has 0 spiro atoms. The van der Waals surface area contributed by atoms with Crippen molar-refractivity contribution in [3.63, 3.8) is 0 Å². The maximum absolute atomic E-state index is 13.6. The summed E-state index contributed by atoms with van der Waals surface area (Å²) in [5.74, 6) is -0.207. The van der Waals surface area contributed by atoms with Crippen LogP contribution in [0.5, 0.6) is 0 Å². The predicted octanol–water partition coefficient (Wildman–Crippen LogP) is 1.56. The number of anilines is 1. The van der Waals surface area contributed by atoms with E-state index < -0.39 is 15.8 Å². The van der Waals surface area contributed by atoms with Gasteiger partial charge in [-0.05, 0) is 24.1 Å². The minimum Gasteiger partial charge on any atom is -0.380 e. The third kappa shape index (κ3) is 5.54. The Kier molecular flexibility index (Phi) is 5.71. The molecule has 0 amide bonds. The summed E-state index contributed by atoms with van der Waals surface area (Å²) in [6, 6.07) is 3.50. The SMILES string of the molecule is CC(C)COCCNc1ccc(S(N)(=O)=O)cc1F. The topological polar surface area (TPSA) is 81.4 Å². The molecule has 0 atom stereocenters. The molecule has 3 N–H and O–H groups in total. The van der Waals surface area contributed by atoms with Crippen molar-refractivity contribution < 1.29 is 17.5 Å². The standard InChI is InChI=1S/C12H19FN2O3S/c1-9(2)8-18-6-5-15-12-4-3-10(7-11(12)13)19(14,16)17/h3-4,7,9,15H,5-6,8H2,1-2H3,(H2,14,16,17). The molecule has 0 unspecified atom stereocenters. The van der Waals surface area contributed by atoms with E-state index in [9.17, 15) is 12.8 Å². The first kappa shape index (κ1) is 15.9. The lowest BCUT2D eigenvalue weighted by Crippen LogP contribution is -2.14. The van der Waals surface area contributed by atoms with Crippen LogP contribution in [-0.4, -0.2) is 28.2 Å². The van der Waals surface area contributed by atoms with Crippen molar-refractivity contribution in [1.82, 2.24) is 0 Å². The number of benzene rings is 1. The number of ether oxygens (including phenoxy) is 1. The van der Waals surface area contributed by atoms with E-state index in [1.807, 2.05) is 13.8 Å². The van der Waals surface area contributed by atoms with Gasteiger partial charge in [-0.1, -0.05) is 13.8 Å². The molecule has 5 nitrogen and oxygen atoms in total. The van der Waals surface area contributed by atoms with Crippen molar-refractivity contribution >= 4 is 15.7 Å². The van der Waals surface area contributed by atoms with Gasteiger partial charge < -0.3 is 10.1 Å². The minimum absolute atomic E-state index is 0.223. The molecule has 0 aliphatic heterocycles. The first-order valence-electron chi connectivity index (χ1n) is 5.94. The first-order chi connectivity index (χ1) is 8.80. The molecule has 19 heavy (non-hydrogen) atoms. The highest BCUT2D eigenvalue weighted by atomic mass is 32.2. The summed E-state index contributed by atoms with van der Waals surface area (Å²) < 4.78 is 41.0. The van der Waals surface area contributed by atoms with E-state index in [0.29, 0.717) is 25.7 Å². The number of primary sulfonamides is 1. The highest BCUT2D eigenvalue weighted by Gasteiger charge is 2.11. The Balaban J connectivity index is 2.52. The van der Waals surface area contributed by atoms with Crippen LogP contribution in [0.1, 0.15) is 13.8 Å². The molecule has 0 heterocycles. The molecular weight excluding hydrogens is 271 g/mol. The molecular formula is C12H19FN2O3S. The zero-order chi connectivity index (χ0) is 14.5. The van der Waals surface area contributed by atoms with Crippen LogP contribution < -0.4 is 10.5 Å². The van der Waals surface area contributed by atoms with Gasteiger partial charge in [0.2, 0.25) is 10.0 Å². The van der Waals surface area contributed by atoms with Crippen molar-refractivity contribution in [2.75, 3.05) is 25.1 Å². The number of nitrogens with one attached hydrogen (secondary N) is 1. The summed E-state index contributed by atoms with van der Waals surface area (Å²) in [4.78, 5) is -0.244. The average molecular weight is 290 g/mol. The van der Waals surface area contributed by atoms with Gasteiger partial charge in [0.25, 0.3) is 0 Å². The van der Waals surface area contributed by atoms with Gasteiger partial charge in [0.15, 0.2) is 0 Å². The summed E-state index contributed by atoms with van der Waals surface area (Å²) in [6.45, 7) is 5.62. The molecule has 0 aliphatic rings. The van der Waals surface area contributed by atoms with E-state index in [1.165, 1.54) is 12.1 Å². The molecule has 1 aromatic rings. The lowest BCUT2D eigenvalue weighted by atomic mass is 10.2. The number of halogens is 1. The average Bonchev–Trinajstić information content (AvgIpc) is 2.28. The molecule has 1 rings (SSSR count). The maximum atomic E-state index is 13.6. The molecule has 0 saturated heterocycles. The van der Waals surface area contributed by atoms with Crippen LogP contribution in [0.4, 0.5) is 10.1 Å². The molecule has 0 bridgehead atoms. The number of rotatable bonds is 7. The smallest absolute Gasteiger partial charge is 0.238 e. The number of sulfonamides is 1. The van der Waals surface area contributed by atoms with E-state index in [-0.39, 0.29) is 10.6 Å². The summed E-state index contributed by atoms with van der Waals surface area (Å²) in [5, 5.41) is 7.74. The Labute approximate surface area is 113 Å². The fourth-order valence-corrected chi connectivity index (χ4v) is 1.92. The van der Waals surface area contributed by atoms with Crippen LogP contribution in [0, 0.1) is 11.7 Å². The zero-order valence-corrected chi connectivity index (χ0v) is 11.8. The highest BCUT2D eigenvalue weighted by molar-refractivity contribution is 7.89. The Morgan fingerprint density at radius 3 is 2.63 bits per heavy atom. The Hall–Kier alpha value is -1.18. The van der Waals surface area contributed by atoms with Gasteiger partial charge in [-0.3, -0.25) is 0 Å². The second-order valence-electron chi connectivity index (χ2n) is 4.58. The number of hydrogen-bond donors (Lipinski definition) is 2. The summed E-state index contributed by atoms with van der Waals surface area (Å²) >= 11 is 0. The lowest BCUT2D eigenvalue weighted by molar-refractivity contribution is 0.118. The second-order valence-corrected chi connectivity index (χ2v) is 6.14. The van der Waals surface area contributed by atoms with Crippen molar-refractivity contribution in [1.29, 1.82) is 0 Å². The summed E-state index contributed by atoms with van der Waals surface area (Å²) in [7, 11) is -3.87.